The van der Waals surface area contributed by atoms with E-state index in [0.29, 0.717) is 24.3 Å². The maximum atomic E-state index is 12.2. The van der Waals surface area contributed by atoms with Crippen LogP contribution in [0.4, 0.5) is 0 Å². The maximum absolute atomic E-state index is 12.2. The number of rotatable bonds is 7. The lowest BCUT2D eigenvalue weighted by Crippen LogP contribution is -2.54. The van der Waals surface area contributed by atoms with E-state index in [4.69, 9.17) is 0 Å². The first-order chi connectivity index (χ1) is 9.08. The highest BCUT2D eigenvalue weighted by Crippen LogP contribution is 1.88. The fraction of sp³-hybridized carbons (Fsp3) is 0.727. The topological polar surface area (TPSA) is 66.0 Å². The normalized spacial score (nSPS) is 10.9. The van der Waals surface area contributed by atoms with Crippen molar-refractivity contribution in [1.82, 2.24) is 13.7 Å². The molecular weight excluding hydrogens is 286 g/mol. The van der Waals surface area contributed by atoms with Crippen LogP contribution >= 0.6 is 25.3 Å². The summed E-state index contributed by atoms with van der Waals surface area (Å²) in [7, 11) is 0. The highest BCUT2D eigenvalue weighted by atomic mass is 32.1. The van der Waals surface area contributed by atoms with Gasteiger partial charge in [-0.1, -0.05) is 0 Å². The van der Waals surface area contributed by atoms with Crippen LogP contribution in [0.25, 0.3) is 0 Å². The molecule has 0 fully saturated rings. The van der Waals surface area contributed by atoms with Crippen molar-refractivity contribution < 1.29 is 0 Å². The summed E-state index contributed by atoms with van der Waals surface area (Å²) in [5.41, 5.74) is -1.62. The highest BCUT2D eigenvalue weighted by molar-refractivity contribution is 7.80. The van der Waals surface area contributed by atoms with E-state index in [0.717, 1.165) is 13.7 Å². The number of aromatic nitrogens is 3. The molecule has 1 rings (SSSR count). The molecule has 0 aliphatic heterocycles. The molecule has 1 heterocycles. The second-order valence-corrected chi connectivity index (χ2v) is 4.94. The standard InChI is InChI=1S/C11H19N3O3S2/c1-2-12-9(15)13(5-3-7-18)11(17)14(10(12)16)6-4-8-19/h18-19H,2-8H2,1H3. The van der Waals surface area contributed by atoms with Crippen molar-refractivity contribution in [3.8, 4) is 0 Å². The molecule has 19 heavy (non-hydrogen) atoms. The van der Waals surface area contributed by atoms with Gasteiger partial charge in [0.05, 0.1) is 0 Å². The van der Waals surface area contributed by atoms with Crippen LogP contribution in [0.15, 0.2) is 14.4 Å². The van der Waals surface area contributed by atoms with Gasteiger partial charge in [0, 0.05) is 19.6 Å². The Bertz CT molecular complexity index is 542. The molecule has 6 nitrogen and oxygen atoms in total. The molecule has 0 bridgehead atoms. The van der Waals surface area contributed by atoms with Crippen molar-refractivity contribution >= 4 is 25.3 Å². The zero-order valence-corrected chi connectivity index (χ0v) is 12.7. The lowest BCUT2D eigenvalue weighted by molar-refractivity contribution is 0.449. The zero-order valence-electron chi connectivity index (χ0n) is 10.9. The molecule has 0 spiro atoms. The van der Waals surface area contributed by atoms with Crippen LogP contribution in [0, 0.1) is 0 Å². The number of hydrogen-bond acceptors (Lipinski definition) is 5. The minimum Gasteiger partial charge on any atom is -0.247 e. The molecule has 0 unspecified atom stereocenters. The van der Waals surface area contributed by atoms with E-state index in [9.17, 15) is 14.4 Å². The number of thiol groups is 2. The second kappa shape index (κ2) is 7.64. The first kappa shape index (κ1) is 16.2. The predicted octanol–water partition coefficient (Wildman–Crippen LogP) is -0.169. The molecule has 1 aromatic rings. The summed E-state index contributed by atoms with van der Waals surface area (Å²) in [5, 5.41) is 0. The molecule has 0 aliphatic carbocycles. The highest BCUT2D eigenvalue weighted by Gasteiger charge is 2.13. The molecule has 1 aromatic heterocycles. The Morgan fingerprint density at radius 1 is 0.789 bits per heavy atom. The van der Waals surface area contributed by atoms with Crippen LogP contribution in [0.2, 0.25) is 0 Å². The molecule has 0 radical (unpaired) electrons. The van der Waals surface area contributed by atoms with Crippen LogP contribution in [-0.4, -0.2) is 25.2 Å². The summed E-state index contributed by atoms with van der Waals surface area (Å²) in [5.74, 6) is 1.15. The van der Waals surface area contributed by atoms with E-state index >= 15 is 0 Å². The van der Waals surface area contributed by atoms with Gasteiger partial charge in [-0.3, -0.25) is 0 Å². The average Bonchev–Trinajstić information content (AvgIpc) is 2.39. The summed E-state index contributed by atoms with van der Waals surface area (Å²) in [6, 6.07) is 0. The summed E-state index contributed by atoms with van der Waals surface area (Å²) in [6.45, 7) is 2.52. The van der Waals surface area contributed by atoms with Gasteiger partial charge in [-0.25, -0.2) is 28.1 Å². The minimum absolute atomic E-state index is 0.250. The molecule has 0 aliphatic rings. The Balaban J connectivity index is 3.43. The molecule has 108 valence electrons. The lowest BCUT2D eigenvalue weighted by Gasteiger charge is -2.12. The Hall–Kier alpha value is -0.890. The predicted molar refractivity (Wildman–Crippen MR) is 81.8 cm³/mol. The summed E-state index contributed by atoms with van der Waals surface area (Å²) >= 11 is 8.14. The third-order valence-corrected chi connectivity index (χ3v) is 3.41. The summed E-state index contributed by atoms with van der Waals surface area (Å²) in [6.07, 6.45) is 1.21. The van der Waals surface area contributed by atoms with Gasteiger partial charge in [-0.15, -0.1) is 0 Å². The Morgan fingerprint density at radius 2 is 1.16 bits per heavy atom. The average molecular weight is 305 g/mol. The van der Waals surface area contributed by atoms with Gasteiger partial charge < -0.3 is 0 Å². The lowest BCUT2D eigenvalue weighted by atomic mass is 10.4. The van der Waals surface area contributed by atoms with E-state index in [-0.39, 0.29) is 19.6 Å². The monoisotopic (exact) mass is 305 g/mol. The third-order valence-electron chi connectivity index (χ3n) is 2.78. The van der Waals surface area contributed by atoms with Crippen LogP contribution in [0.3, 0.4) is 0 Å². The second-order valence-electron chi connectivity index (χ2n) is 4.05. The fourth-order valence-corrected chi connectivity index (χ4v) is 2.08. The van der Waals surface area contributed by atoms with Gasteiger partial charge in [-0.2, -0.15) is 25.3 Å². The van der Waals surface area contributed by atoms with Gasteiger partial charge in [0.25, 0.3) is 0 Å². The summed E-state index contributed by atoms with van der Waals surface area (Å²) in [4.78, 5) is 36.2. The molecule has 0 amide bonds. The Morgan fingerprint density at radius 3 is 1.47 bits per heavy atom. The van der Waals surface area contributed by atoms with Crippen molar-refractivity contribution in [3.05, 3.63) is 31.5 Å². The smallest absolute Gasteiger partial charge is 0.247 e. The first-order valence-corrected chi connectivity index (χ1v) is 7.51. The van der Waals surface area contributed by atoms with Crippen molar-refractivity contribution in [2.75, 3.05) is 11.5 Å². The molecule has 0 aromatic carbocycles. The third kappa shape index (κ3) is 3.56. The molecule has 0 N–H and O–H groups in total. The molecular formula is C11H19N3O3S2. The van der Waals surface area contributed by atoms with Gasteiger partial charge in [-0.05, 0) is 31.3 Å². The van der Waals surface area contributed by atoms with Crippen molar-refractivity contribution in [1.29, 1.82) is 0 Å². The van der Waals surface area contributed by atoms with Gasteiger partial charge >= 0.3 is 17.1 Å². The minimum atomic E-state index is -0.540. The molecule has 0 atom stereocenters. The van der Waals surface area contributed by atoms with E-state index in [1.54, 1.807) is 6.92 Å². The Kier molecular flexibility index (Phi) is 6.50. The van der Waals surface area contributed by atoms with Crippen molar-refractivity contribution in [3.63, 3.8) is 0 Å². The maximum Gasteiger partial charge on any atom is 0.336 e. The molecule has 8 heteroatoms. The van der Waals surface area contributed by atoms with Crippen LogP contribution in [0.1, 0.15) is 19.8 Å². The Labute approximate surface area is 121 Å². The SMILES string of the molecule is CCn1c(=O)n(CCCS)c(=O)n(CCCS)c1=O. The van der Waals surface area contributed by atoms with Crippen molar-refractivity contribution in [2.45, 2.75) is 39.4 Å². The first-order valence-electron chi connectivity index (χ1n) is 6.24. The van der Waals surface area contributed by atoms with Crippen LogP contribution < -0.4 is 17.1 Å². The summed E-state index contributed by atoms with van der Waals surface area (Å²) < 4.78 is 3.30. The zero-order chi connectivity index (χ0) is 14.4. The quantitative estimate of drug-likeness (QED) is 0.688. The van der Waals surface area contributed by atoms with E-state index in [1.807, 2.05) is 0 Å². The number of hydrogen-bond donors (Lipinski definition) is 2. The van der Waals surface area contributed by atoms with Gasteiger partial charge in [0.2, 0.25) is 0 Å². The van der Waals surface area contributed by atoms with E-state index in [1.165, 1.54) is 0 Å². The largest absolute Gasteiger partial charge is 0.336 e. The van der Waals surface area contributed by atoms with Crippen LogP contribution in [0.5, 0.6) is 0 Å². The number of nitrogens with zero attached hydrogens (tertiary/aromatic N) is 3. The van der Waals surface area contributed by atoms with Gasteiger partial charge in [0.15, 0.2) is 0 Å². The fourth-order valence-electron chi connectivity index (χ4n) is 1.79. The molecule has 0 saturated carbocycles. The van der Waals surface area contributed by atoms with E-state index in [2.05, 4.69) is 25.3 Å². The van der Waals surface area contributed by atoms with Crippen molar-refractivity contribution in [2.24, 2.45) is 0 Å². The van der Waals surface area contributed by atoms with Gasteiger partial charge in [0.1, 0.15) is 0 Å². The van der Waals surface area contributed by atoms with E-state index < -0.39 is 17.1 Å². The molecule has 0 saturated heterocycles. The van der Waals surface area contributed by atoms with Crippen LogP contribution in [-0.2, 0) is 19.6 Å².